The summed E-state index contributed by atoms with van der Waals surface area (Å²) in [6.07, 6.45) is 1.11. The Morgan fingerprint density at radius 1 is 1.45 bits per heavy atom. The van der Waals surface area contributed by atoms with Crippen molar-refractivity contribution in [2.24, 2.45) is 0 Å². The van der Waals surface area contributed by atoms with Gasteiger partial charge < -0.3 is 10.2 Å². The summed E-state index contributed by atoms with van der Waals surface area (Å²) in [5.41, 5.74) is 0.400. The van der Waals surface area contributed by atoms with E-state index < -0.39 is 9.84 Å². The van der Waals surface area contributed by atoms with Crippen molar-refractivity contribution in [1.29, 1.82) is 0 Å². The number of carbonyl (C=O) groups excluding carboxylic acids is 2. The van der Waals surface area contributed by atoms with E-state index in [4.69, 9.17) is 0 Å². The monoisotopic (exact) mass is 314 g/mol. The normalized spacial score (nSPS) is 15.4. The number of carbonyl (C=O) groups is 2. The van der Waals surface area contributed by atoms with E-state index in [1.54, 1.807) is 12.1 Å². The first-order valence-electron chi connectivity index (χ1n) is 5.82. The van der Waals surface area contributed by atoms with Gasteiger partial charge in [0.05, 0.1) is 16.5 Å². The highest BCUT2D eigenvalue weighted by atomic mass is 32.2. The molecular formula is C12H14N2O4S2. The maximum atomic E-state index is 11.8. The number of sulfone groups is 1. The Balaban J connectivity index is 2.03. The number of hydrogen-bond donors (Lipinski definition) is 1. The maximum Gasteiger partial charge on any atom is 0.244 e. The van der Waals surface area contributed by atoms with Crippen molar-refractivity contribution in [3.8, 4) is 0 Å². The average molecular weight is 314 g/mol. The fourth-order valence-electron chi connectivity index (χ4n) is 1.72. The first kappa shape index (κ1) is 14.9. The predicted molar refractivity (Wildman–Crippen MR) is 77.2 cm³/mol. The molecule has 2 amide bonds. The lowest BCUT2D eigenvalue weighted by Gasteiger charge is -2.14. The van der Waals surface area contributed by atoms with E-state index in [1.165, 1.54) is 28.8 Å². The lowest BCUT2D eigenvalue weighted by molar-refractivity contribution is -0.130. The number of amides is 2. The summed E-state index contributed by atoms with van der Waals surface area (Å²) in [5, 5.41) is 2.60. The van der Waals surface area contributed by atoms with Gasteiger partial charge in [-0.3, -0.25) is 9.59 Å². The van der Waals surface area contributed by atoms with Gasteiger partial charge in [-0.2, -0.15) is 0 Å². The van der Waals surface area contributed by atoms with Crippen molar-refractivity contribution in [3.63, 3.8) is 0 Å². The zero-order valence-electron chi connectivity index (χ0n) is 10.8. The van der Waals surface area contributed by atoms with Crippen LogP contribution in [0.15, 0.2) is 29.2 Å². The van der Waals surface area contributed by atoms with Crippen LogP contribution in [0, 0.1) is 0 Å². The van der Waals surface area contributed by atoms with Gasteiger partial charge >= 0.3 is 0 Å². The zero-order chi connectivity index (χ0) is 14.8. The van der Waals surface area contributed by atoms with Crippen LogP contribution in [-0.2, 0) is 19.4 Å². The van der Waals surface area contributed by atoms with E-state index in [0.717, 1.165) is 6.26 Å². The van der Waals surface area contributed by atoms with E-state index in [1.807, 2.05) is 0 Å². The van der Waals surface area contributed by atoms with Gasteiger partial charge in [-0.25, -0.2) is 8.42 Å². The van der Waals surface area contributed by atoms with Crippen LogP contribution in [0.2, 0.25) is 0 Å². The number of anilines is 1. The van der Waals surface area contributed by atoms with Gasteiger partial charge in [0.2, 0.25) is 11.8 Å². The molecule has 20 heavy (non-hydrogen) atoms. The molecule has 0 spiro atoms. The van der Waals surface area contributed by atoms with Crippen molar-refractivity contribution in [2.45, 2.75) is 4.90 Å². The Kier molecular flexibility index (Phi) is 4.34. The minimum atomic E-state index is -3.31. The molecule has 1 saturated heterocycles. The van der Waals surface area contributed by atoms with E-state index >= 15 is 0 Å². The predicted octanol–water partition coefficient (Wildman–Crippen LogP) is 0.561. The molecule has 0 atom stereocenters. The van der Waals surface area contributed by atoms with Crippen molar-refractivity contribution in [3.05, 3.63) is 24.3 Å². The minimum Gasteiger partial charge on any atom is -0.325 e. The molecule has 0 saturated carbocycles. The molecule has 0 unspecified atom stereocenters. The Labute approximate surface area is 121 Å². The Bertz CT molecular complexity index is 643. The molecule has 0 aromatic heterocycles. The minimum absolute atomic E-state index is 0.0189. The smallest absolute Gasteiger partial charge is 0.244 e. The molecule has 2 rings (SSSR count). The van der Waals surface area contributed by atoms with E-state index in [0.29, 0.717) is 17.3 Å². The quantitative estimate of drug-likeness (QED) is 0.878. The number of thioether (sulfide) groups is 1. The van der Waals surface area contributed by atoms with Crippen LogP contribution in [0.1, 0.15) is 0 Å². The molecule has 1 fully saturated rings. The molecule has 108 valence electrons. The molecule has 1 aromatic rings. The highest BCUT2D eigenvalue weighted by Crippen LogP contribution is 2.17. The number of nitrogens with one attached hydrogen (secondary N) is 1. The zero-order valence-corrected chi connectivity index (χ0v) is 12.5. The van der Waals surface area contributed by atoms with Crippen LogP contribution in [0.3, 0.4) is 0 Å². The molecule has 1 aliphatic heterocycles. The third-order valence-electron chi connectivity index (χ3n) is 2.71. The summed E-state index contributed by atoms with van der Waals surface area (Å²) in [5.74, 6) is 0.508. The van der Waals surface area contributed by atoms with Crippen LogP contribution < -0.4 is 5.32 Å². The summed E-state index contributed by atoms with van der Waals surface area (Å²) in [4.78, 5) is 24.8. The molecule has 6 nitrogen and oxygen atoms in total. The van der Waals surface area contributed by atoms with Gasteiger partial charge in [0, 0.05) is 11.9 Å². The third kappa shape index (κ3) is 3.73. The average Bonchev–Trinajstić information content (AvgIpc) is 2.74. The SMILES string of the molecule is CS(=O)(=O)c1cccc(NC(=O)CN2CSCC2=O)c1. The third-order valence-corrected chi connectivity index (χ3v) is 4.76. The first-order chi connectivity index (χ1) is 9.36. The van der Waals surface area contributed by atoms with Gasteiger partial charge in [0.25, 0.3) is 0 Å². The standard InChI is InChI=1S/C12H14N2O4S2/c1-20(17,18)10-4-2-3-9(5-10)13-11(15)6-14-8-19-7-12(14)16/h2-5H,6-8H2,1H3,(H,13,15). The molecule has 1 aromatic carbocycles. The second kappa shape index (κ2) is 5.84. The van der Waals surface area contributed by atoms with Gasteiger partial charge in [-0.05, 0) is 18.2 Å². The summed E-state index contributed by atoms with van der Waals surface area (Å²) in [6, 6.07) is 6.02. The number of rotatable bonds is 4. The van der Waals surface area contributed by atoms with Crippen LogP contribution in [0.5, 0.6) is 0 Å². The van der Waals surface area contributed by atoms with Crippen LogP contribution >= 0.6 is 11.8 Å². The molecule has 1 aliphatic rings. The largest absolute Gasteiger partial charge is 0.325 e. The maximum absolute atomic E-state index is 11.8. The lowest BCUT2D eigenvalue weighted by atomic mass is 10.3. The van der Waals surface area contributed by atoms with Crippen molar-refractivity contribution in [2.75, 3.05) is 29.7 Å². The number of nitrogens with zero attached hydrogens (tertiary/aromatic N) is 1. The van der Waals surface area contributed by atoms with E-state index in [9.17, 15) is 18.0 Å². The Morgan fingerprint density at radius 3 is 2.80 bits per heavy atom. The molecule has 0 radical (unpaired) electrons. The lowest BCUT2D eigenvalue weighted by Crippen LogP contribution is -2.34. The summed E-state index contributed by atoms with van der Waals surface area (Å²) >= 11 is 1.46. The second-order valence-corrected chi connectivity index (χ2v) is 7.39. The van der Waals surface area contributed by atoms with Crippen LogP contribution in [-0.4, -0.2) is 49.6 Å². The van der Waals surface area contributed by atoms with Crippen molar-refractivity contribution in [1.82, 2.24) is 4.90 Å². The Hall–Kier alpha value is -1.54. The molecule has 0 bridgehead atoms. The van der Waals surface area contributed by atoms with E-state index in [-0.39, 0.29) is 23.3 Å². The summed E-state index contributed by atoms with van der Waals surface area (Å²) < 4.78 is 22.8. The topological polar surface area (TPSA) is 83.6 Å². The van der Waals surface area contributed by atoms with Crippen LogP contribution in [0.25, 0.3) is 0 Å². The van der Waals surface area contributed by atoms with Gasteiger partial charge in [-0.1, -0.05) is 6.07 Å². The van der Waals surface area contributed by atoms with E-state index in [2.05, 4.69) is 5.32 Å². The highest BCUT2D eigenvalue weighted by molar-refractivity contribution is 8.00. The Morgan fingerprint density at radius 2 is 2.20 bits per heavy atom. The molecule has 0 aliphatic carbocycles. The molecule has 1 N–H and O–H groups in total. The van der Waals surface area contributed by atoms with Gasteiger partial charge in [0.1, 0.15) is 6.54 Å². The van der Waals surface area contributed by atoms with Crippen LogP contribution in [0.4, 0.5) is 5.69 Å². The van der Waals surface area contributed by atoms with Gasteiger partial charge in [0.15, 0.2) is 9.84 Å². The molecular weight excluding hydrogens is 300 g/mol. The van der Waals surface area contributed by atoms with Crippen molar-refractivity contribution >= 4 is 39.1 Å². The summed E-state index contributed by atoms with van der Waals surface area (Å²) in [7, 11) is -3.31. The van der Waals surface area contributed by atoms with Gasteiger partial charge in [-0.15, -0.1) is 11.8 Å². The number of hydrogen-bond acceptors (Lipinski definition) is 5. The highest BCUT2D eigenvalue weighted by Gasteiger charge is 2.22. The fourth-order valence-corrected chi connectivity index (χ4v) is 3.29. The second-order valence-electron chi connectivity index (χ2n) is 4.42. The number of benzene rings is 1. The molecule has 1 heterocycles. The van der Waals surface area contributed by atoms with Crippen molar-refractivity contribution < 1.29 is 18.0 Å². The molecule has 8 heteroatoms. The summed E-state index contributed by atoms with van der Waals surface area (Å²) in [6.45, 7) is -0.0189. The fraction of sp³-hybridized carbons (Fsp3) is 0.333. The first-order valence-corrected chi connectivity index (χ1v) is 8.86.